The molecule has 0 spiro atoms. The molecule has 2 N–H and O–H groups in total. The summed E-state index contributed by atoms with van der Waals surface area (Å²) in [5.74, 6) is -0.462. The van der Waals surface area contributed by atoms with Crippen molar-refractivity contribution in [3.8, 4) is 5.75 Å². The van der Waals surface area contributed by atoms with Crippen LogP contribution < -0.4 is 10.1 Å². The smallest absolute Gasteiger partial charge is 0.328 e. The first-order chi connectivity index (χ1) is 17.4. The van der Waals surface area contributed by atoms with Crippen molar-refractivity contribution in [3.05, 3.63) is 107 Å². The van der Waals surface area contributed by atoms with Gasteiger partial charge in [-0.25, -0.2) is 4.79 Å². The highest BCUT2D eigenvalue weighted by Crippen LogP contribution is 2.30. The number of carbonyl (C=O) groups excluding carboxylic acids is 1. The average molecular weight is 483 g/mol. The normalized spacial score (nSPS) is 12.1. The van der Waals surface area contributed by atoms with Crippen molar-refractivity contribution in [2.75, 3.05) is 6.54 Å². The molecule has 0 fully saturated rings. The maximum atomic E-state index is 12.9. The quantitative estimate of drug-likeness (QED) is 0.291. The summed E-state index contributed by atoms with van der Waals surface area (Å²) in [7, 11) is 0. The summed E-state index contributed by atoms with van der Waals surface area (Å²) in [6.45, 7) is 4.84. The molecule has 0 saturated carbocycles. The summed E-state index contributed by atoms with van der Waals surface area (Å²) in [6, 6.07) is 23.4. The van der Waals surface area contributed by atoms with Crippen LogP contribution in [0.3, 0.4) is 0 Å². The van der Waals surface area contributed by atoms with E-state index in [1.165, 1.54) is 5.56 Å². The van der Waals surface area contributed by atoms with Gasteiger partial charge in [-0.1, -0.05) is 60.2 Å². The topological polar surface area (TPSA) is 80.6 Å². The third kappa shape index (κ3) is 6.21. The predicted octanol–water partition coefficient (Wildman–Crippen LogP) is 5.55. The van der Waals surface area contributed by atoms with Gasteiger partial charge in [0.1, 0.15) is 18.4 Å². The number of carboxylic acid groups (broad SMARTS) is 1. The molecular formula is C30H30N2O4. The third-order valence-corrected chi connectivity index (χ3v) is 6.12. The first kappa shape index (κ1) is 24.8. The van der Waals surface area contributed by atoms with Crippen molar-refractivity contribution < 1.29 is 19.4 Å². The number of carbonyl (C=O) groups is 2. The van der Waals surface area contributed by atoms with Crippen LogP contribution in [0.25, 0.3) is 17.0 Å². The Hall–Kier alpha value is -4.32. The number of amides is 1. The highest BCUT2D eigenvalue weighted by molar-refractivity contribution is 5.95. The number of rotatable bonds is 10. The van der Waals surface area contributed by atoms with Gasteiger partial charge in [0.25, 0.3) is 0 Å². The molecule has 36 heavy (non-hydrogen) atoms. The van der Waals surface area contributed by atoms with Gasteiger partial charge in [-0.3, -0.25) is 4.79 Å². The van der Waals surface area contributed by atoms with E-state index in [4.69, 9.17) is 9.84 Å². The molecule has 0 aliphatic carbocycles. The van der Waals surface area contributed by atoms with Crippen molar-refractivity contribution in [2.24, 2.45) is 0 Å². The van der Waals surface area contributed by atoms with Gasteiger partial charge in [-0.05, 0) is 55.7 Å². The minimum Gasteiger partial charge on any atom is -0.489 e. The van der Waals surface area contributed by atoms with Crippen LogP contribution in [-0.4, -0.2) is 28.1 Å². The van der Waals surface area contributed by atoms with Crippen molar-refractivity contribution >= 4 is 28.9 Å². The molecule has 1 atom stereocenters. The van der Waals surface area contributed by atoms with Gasteiger partial charge in [-0.2, -0.15) is 0 Å². The Kier molecular flexibility index (Phi) is 7.85. The number of aryl methyl sites for hydroxylation is 1. The predicted molar refractivity (Wildman–Crippen MR) is 142 cm³/mol. The number of aliphatic carboxylic acids is 1. The Morgan fingerprint density at radius 1 is 1.03 bits per heavy atom. The van der Waals surface area contributed by atoms with Crippen molar-refractivity contribution in [1.29, 1.82) is 0 Å². The lowest BCUT2D eigenvalue weighted by molar-refractivity contribution is -0.131. The second-order valence-electron chi connectivity index (χ2n) is 8.82. The Labute approximate surface area is 210 Å². The van der Waals surface area contributed by atoms with Crippen molar-refractivity contribution in [1.82, 2.24) is 9.88 Å². The Balaban J connectivity index is 1.53. The van der Waals surface area contributed by atoms with Crippen LogP contribution in [0.15, 0.2) is 85.1 Å². The van der Waals surface area contributed by atoms with Gasteiger partial charge in [0, 0.05) is 35.3 Å². The highest BCUT2D eigenvalue weighted by atomic mass is 16.5. The summed E-state index contributed by atoms with van der Waals surface area (Å²) in [5.41, 5.74) is 4.95. The molecule has 6 nitrogen and oxygen atoms in total. The van der Waals surface area contributed by atoms with Crippen LogP contribution in [0.2, 0.25) is 0 Å². The first-order valence-corrected chi connectivity index (χ1v) is 12.0. The number of hydrogen-bond donors (Lipinski definition) is 2. The Morgan fingerprint density at radius 2 is 1.78 bits per heavy atom. The lowest BCUT2D eigenvalue weighted by Crippen LogP contribution is -2.32. The molecule has 1 aromatic heterocycles. The van der Waals surface area contributed by atoms with Gasteiger partial charge in [0.2, 0.25) is 5.91 Å². The van der Waals surface area contributed by atoms with E-state index in [2.05, 4.69) is 5.32 Å². The summed E-state index contributed by atoms with van der Waals surface area (Å²) in [5, 5.41) is 13.0. The van der Waals surface area contributed by atoms with Gasteiger partial charge in [-0.15, -0.1) is 0 Å². The highest BCUT2D eigenvalue weighted by Gasteiger charge is 2.19. The van der Waals surface area contributed by atoms with Gasteiger partial charge < -0.3 is 19.7 Å². The zero-order valence-electron chi connectivity index (χ0n) is 20.5. The van der Waals surface area contributed by atoms with Crippen molar-refractivity contribution in [2.45, 2.75) is 32.9 Å². The van der Waals surface area contributed by atoms with E-state index in [1.54, 1.807) is 6.08 Å². The van der Waals surface area contributed by atoms with Crippen LogP contribution in [-0.2, 0) is 22.6 Å². The second-order valence-corrected chi connectivity index (χ2v) is 8.82. The molecule has 1 amide bonds. The van der Waals surface area contributed by atoms with E-state index < -0.39 is 12.0 Å². The molecule has 4 rings (SSSR count). The number of nitrogens with zero attached hydrogens (tertiary/aromatic N) is 1. The van der Waals surface area contributed by atoms with Crippen LogP contribution in [0.5, 0.6) is 5.75 Å². The minimum atomic E-state index is -1.03. The SMILES string of the molecule is Cc1ccc(COc2ccc3c(c2)c(C=CC(=O)O)cn3C(C)C(=O)NCCc2ccccc2)cc1. The largest absolute Gasteiger partial charge is 0.489 e. The maximum absolute atomic E-state index is 12.9. The number of benzene rings is 3. The maximum Gasteiger partial charge on any atom is 0.328 e. The molecule has 0 bridgehead atoms. The van der Waals surface area contributed by atoms with Gasteiger partial charge in [0.05, 0.1) is 0 Å². The standard InChI is InChI=1S/C30H30N2O4/c1-21-8-10-24(11-9-21)20-36-26-13-14-28-27(18-26)25(12-15-29(33)34)19-32(28)22(2)30(35)31-17-16-23-6-4-3-5-7-23/h3-15,18-19,22H,16-17,20H2,1-2H3,(H,31,35)(H,33,34). The molecule has 0 saturated heterocycles. The van der Waals surface area contributed by atoms with Crippen LogP contribution in [0.4, 0.5) is 0 Å². The molecule has 0 radical (unpaired) electrons. The van der Waals surface area contributed by atoms with E-state index in [0.29, 0.717) is 24.5 Å². The van der Waals surface area contributed by atoms with Gasteiger partial charge in [0.15, 0.2) is 0 Å². The Morgan fingerprint density at radius 3 is 2.50 bits per heavy atom. The molecule has 1 heterocycles. The van der Waals surface area contributed by atoms with E-state index in [9.17, 15) is 9.59 Å². The lowest BCUT2D eigenvalue weighted by atomic mass is 10.1. The number of fused-ring (bicyclic) bond motifs is 1. The minimum absolute atomic E-state index is 0.101. The summed E-state index contributed by atoms with van der Waals surface area (Å²) in [4.78, 5) is 24.1. The Bertz CT molecular complexity index is 1370. The van der Waals surface area contributed by atoms with E-state index in [0.717, 1.165) is 34.5 Å². The molecule has 1 unspecified atom stereocenters. The third-order valence-electron chi connectivity index (χ3n) is 6.12. The number of nitrogens with one attached hydrogen (secondary N) is 1. The number of hydrogen-bond acceptors (Lipinski definition) is 3. The molecule has 3 aromatic carbocycles. The fraction of sp³-hybridized carbons (Fsp3) is 0.200. The summed E-state index contributed by atoms with van der Waals surface area (Å²) in [6.07, 6.45) is 5.21. The number of aromatic nitrogens is 1. The molecule has 184 valence electrons. The number of ether oxygens (including phenoxy) is 1. The number of carboxylic acids is 1. The lowest BCUT2D eigenvalue weighted by Gasteiger charge is -2.16. The molecular weight excluding hydrogens is 452 g/mol. The monoisotopic (exact) mass is 482 g/mol. The zero-order valence-corrected chi connectivity index (χ0v) is 20.5. The average Bonchev–Trinajstić information content (AvgIpc) is 3.25. The second kappa shape index (κ2) is 11.4. The molecule has 4 aromatic rings. The van der Waals surface area contributed by atoms with Crippen molar-refractivity contribution in [3.63, 3.8) is 0 Å². The summed E-state index contributed by atoms with van der Waals surface area (Å²) < 4.78 is 7.88. The van der Waals surface area contributed by atoms with Crippen LogP contribution >= 0.6 is 0 Å². The first-order valence-electron chi connectivity index (χ1n) is 12.0. The fourth-order valence-corrected chi connectivity index (χ4v) is 4.06. The van der Waals surface area contributed by atoms with Crippen LogP contribution in [0.1, 0.15) is 35.2 Å². The zero-order chi connectivity index (χ0) is 25.5. The van der Waals surface area contributed by atoms with Crippen LogP contribution in [0, 0.1) is 6.92 Å². The van der Waals surface area contributed by atoms with Gasteiger partial charge >= 0.3 is 5.97 Å². The van der Waals surface area contributed by atoms with E-state index >= 15 is 0 Å². The van der Waals surface area contributed by atoms with E-state index in [-0.39, 0.29) is 5.91 Å². The molecule has 0 aliphatic heterocycles. The molecule has 6 heteroatoms. The summed E-state index contributed by atoms with van der Waals surface area (Å²) >= 11 is 0. The molecule has 0 aliphatic rings. The van der Waals surface area contributed by atoms with E-state index in [1.807, 2.05) is 97.4 Å². The fourth-order valence-electron chi connectivity index (χ4n) is 4.06.